The van der Waals surface area contributed by atoms with Gasteiger partial charge in [-0.3, -0.25) is 8.32 Å². The first-order valence-corrected chi connectivity index (χ1v) is 6.25. The molecule has 0 unspecified atom stereocenters. The highest BCUT2D eigenvalue weighted by molar-refractivity contribution is 14.1. The minimum Gasteiger partial charge on any atom is -0.492 e. The van der Waals surface area contributed by atoms with E-state index in [1.54, 1.807) is 18.3 Å². The van der Waals surface area contributed by atoms with Crippen molar-refractivity contribution in [2.45, 2.75) is 19.8 Å². The minimum absolute atomic E-state index is 0.0281. The van der Waals surface area contributed by atoms with E-state index in [4.69, 9.17) is 4.74 Å². The fourth-order valence-corrected chi connectivity index (χ4v) is 1.54. The van der Waals surface area contributed by atoms with Crippen LogP contribution in [0, 0.1) is 0 Å². The van der Waals surface area contributed by atoms with Gasteiger partial charge in [0.05, 0.1) is 12.8 Å². The summed E-state index contributed by atoms with van der Waals surface area (Å²) < 4.78 is 8.53. The zero-order valence-electron chi connectivity index (χ0n) is 9.20. The first kappa shape index (κ1) is 13.4. The van der Waals surface area contributed by atoms with Gasteiger partial charge < -0.3 is 4.74 Å². The maximum Gasteiger partial charge on any atom is 0.178 e. The van der Waals surface area contributed by atoms with Crippen molar-refractivity contribution in [1.82, 2.24) is 8.51 Å². The fraction of sp³-hybridized carbons (Fsp3) is 0.455. The molecule has 0 atom stereocenters. The van der Waals surface area contributed by atoms with Gasteiger partial charge in [-0.25, -0.2) is 4.98 Å². The van der Waals surface area contributed by atoms with Gasteiger partial charge in [0.15, 0.2) is 5.78 Å². The van der Waals surface area contributed by atoms with Gasteiger partial charge >= 0.3 is 0 Å². The highest BCUT2D eigenvalue weighted by Crippen LogP contribution is 2.09. The molecule has 88 valence electrons. The smallest absolute Gasteiger partial charge is 0.178 e. The summed E-state index contributed by atoms with van der Waals surface area (Å²) in [5.74, 6) is 0.687. The number of nitrogens with one attached hydrogen (secondary N) is 1. The summed E-state index contributed by atoms with van der Waals surface area (Å²) in [6.45, 7) is 3.17. The third-order valence-electron chi connectivity index (χ3n) is 2.03. The molecule has 0 aliphatic carbocycles. The van der Waals surface area contributed by atoms with E-state index in [2.05, 4.69) is 31.4 Å². The average Bonchev–Trinajstić information content (AvgIpc) is 2.29. The van der Waals surface area contributed by atoms with E-state index in [9.17, 15) is 4.79 Å². The first-order valence-electron chi connectivity index (χ1n) is 5.17. The van der Waals surface area contributed by atoms with Gasteiger partial charge in [0.25, 0.3) is 0 Å². The summed E-state index contributed by atoms with van der Waals surface area (Å²) in [6.07, 6.45) is 3.68. The van der Waals surface area contributed by atoms with Crippen molar-refractivity contribution in [3.63, 3.8) is 0 Å². The summed E-state index contributed by atoms with van der Waals surface area (Å²) in [5.41, 5.74) is 0.474. The SMILES string of the molecule is CC(=O)c1ccc(OCCCCNI)cn1. The lowest BCUT2D eigenvalue weighted by Crippen LogP contribution is -2.04. The lowest BCUT2D eigenvalue weighted by molar-refractivity contribution is 0.101. The van der Waals surface area contributed by atoms with Gasteiger partial charge in [0.2, 0.25) is 0 Å². The first-order chi connectivity index (χ1) is 7.74. The second kappa shape index (κ2) is 7.56. The molecule has 4 nitrogen and oxygen atoms in total. The third-order valence-corrected chi connectivity index (χ3v) is 2.57. The van der Waals surface area contributed by atoms with E-state index in [1.807, 2.05) is 0 Å². The Kier molecular flexibility index (Phi) is 6.32. The number of hydrogen-bond acceptors (Lipinski definition) is 4. The molecule has 1 heterocycles. The van der Waals surface area contributed by atoms with Crippen LogP contribution in [0.2, 0.25) is 0 Å². The molecular formula is C11H15IN2O2. The molecule has 1 aromatic rings. The van der Waals surface area contributed by atoms with E-state index < -0.39 is 0 Å². The number of pyridine rings is 1. The number of unbranched alkanes of at least 4 members (excludes halogenated alkanes) is 1. The molecule has 0 aliphatic heterocycles. The Labute approximate surface area is 109 Å². The van der Waals surface area contributed by atoms with E-state index in [1.165, 1.54) is 6.92 Å². The molecule has 0 saturated heterocycles. The van der Waals surface area contributed by atoms with E-state index in [0.29, 0.717) is 18.1 Å². The standard InChI is InChI=1S/C11H15IN2O2/c1-9(15)11-5-4-10(8-13-11)16-7-3-2-6-14-12/h4-5,8,14H,2-3,6-7H2,1H3. The van der Waals surface area contributed by atoms with Gasteiger partial charge in [0.1, 0.15) is 11.4 Å². The zero-order chi connectivity index (χ0) is 11.8. The number of halogens is 1. The molecule has 0 bridgehead atoms. The summed E-state index contributed by atoms with van der Waals surface area (Å²) in [7, 11) is 0. The molecule has 0 aliphatic rings. The van der Waals surface area contributed by atoms with Gasteiger partial charge in [-0.15, -0.1) is 0 Å². The third kappa shape index (κ3) is 4.89. The van der Waals surface area contributed by atoms with Crippen LogP contribution in [0.4, 0.5) is 0 Å². The average molecular weight is 334 g/mol. The van der Waals surface area contributed by atoms with Gasteiger partial charge in [-0.2, -0.15) is 0 Å². The van der Waals surface area contributed by atoms with Crippen molar-refractivity contribution in [3.8, 4) is 5.75 Å². The maximum atomic E-state index is 11.0. The molecule has 0 fully saturated rings. The predicted molar refractivity (Wildman–Crippen MR) is 71.0 cm³/mol. The molecule has 0 saturated carbocycles. The lowest BCUT2D eigenvalue weighted by Gasteiger charge is -2.05. The van der Waals surface area contributed by atoms with Crippen LogP contribution in [0.3, 0.4) is 0 Å². The number of ketones is 1. The number of nitrogens with zero attached hydrogens (tertiary/aromatic N) is 1. The van der Waals surface area contributed by atoms with Crippen LogP contribution in [-0.2, 0) is 0 Å². The normalized spacial score (nSPS) is 10.1. The number of Topliss-reactive ketones (excluding diaryl/α,β-unsaturated/α-hetero) is 1. The topological polar surface area (TPSA) is 51.2 Å². The molecule has 0 aromatic carbocycles. The number of ether oxygens (including phenoxy) is 1. The Morgan fingerprint density at radius 3 is 2.88 bits per heavy atom. The number of aromatic nitrogens is 1. The van der Waals surface area contributed by atoms with Crippen LogP contribution < -0.4 is 8.27 Å². The molecule has 16 heavy (non-hydrogen) atoms. The van der Waals surface area contributed by atoms with Crippen LogP contribution in [0.15, 0.2) is 18.3 Å². The number of carbonyl (C=O) groups excluding carboxylic acids is 1. The second-order valence-corrected chi connectivity index (χ2v) is 4.14. The fourth-order valence-electron chi connectivity index (χ4n) is 1.16. The van der Waals surface area contributed by atoms with Crippen molar-refractivity contribution < 1.29 is 9.53 Å². The Balaban J connectivity index is 2.29. The minimum atomic E-state index is -0.0281. The Morgan fingerprint density at radius 1 is 1.50 bits per heavy atom. The van der Waals surface area contributed by atoms with Crippen molar-refractivity contribution in [2.24, 2.45) is 0 Å². The van der Waals surface area contributed by atoms with Crippen LogP contribution in [0.25, 0.3) is 0 Å². The molecule has 1 N–H and O–H groups in total. The van der Waals surface area contributed by atoms with Crippen molar-refractivity contribution in [2.75, 3.05) is 13.2 Å². The van der Waals surface area contributed by atoms with Crippen molar-refractivity contribution in [3.05, 3.63) is 24.0 Å². The van der Waals surface area contributed by atoms with Crippen molar-refractivity contribution >= 4 is 28.6 Å². The quantitative estimate of drug-likeness (QED) is 0.360. The van der Waals surface area contributed by atoms with Gasteiger partial charge in [0, 0.05) is 36.3 Å². The van der Waals surface area contributed by atoms with E-state index in [-0.39, 0.29) is 5.78 Å². The largest absolute Gasteiger partial charge is 0.492 e. The summed E-state index contributed by atoms with van der Waals surface area (Å²) in [6, 6.07) is 3.46. The number of rotatable bonds is 7. The van der Waals surface area contributed by atoms with Crippen molar-refractivity contribution in [1.29, 1.82) is 0 Å². The number of hydrogen-bond donors (Lipinski definition) is 1. The Bertz CT molecular complexity index is 327. The van der Waals surface area contributed by atoms with Crippen LogP contribution in [0.1, 0.15) is 30.3 Å². The van der Waals surface area contributed by atoms with Gasteiger partial charge in [-0.05, 0) is 25.0 Å². The molecule has 0 amide bonds. The second-order valence-electron chi connectivity index (χ2n) is 3.37. The van der Waals surface area contributed by atoms with Crippen LogP contribution in [0.5, 0.6) is 5.75 Å². The Hall–Kier alpha value is -0.690. The highest BCUT2D eigenvalue weighted by atomic mass is 127. The molecular weight excluding hydrogens is 319 g/mol. The summed E-state index contributed by atoms with van der Waals surface area (Å²) >= 11 is 2.13. The Morgan fingerprint density at radius 2 is 2.31 bits per heavy atom. The summed E-state index contributed by atoms with van der Waals surface area (Å²) in [4.78, 5) is 15.0. The van der Waals surface area contributed by atoms with Crippen LogP contribution in [-0.4, -0.2) is 23.9 Å². The molecule has 1 aromatic heterocycles. The summed E-state index contributed by atoms with van der Waals surface area (Å²) in [5, 5.41) is 0. The highest BCUT2D eigenvalue weighted by Gasteiger charge is 2.00. The van der Waals surface area contributed by atoms with Crippen LogP contribution >= 0.6 is 22.9 Å². The molecule has 5 heteroatoms. The van der Waals surface area contributed by atoms with Gasteiger partial charge in [-0.1, -0.05) is 0 Å². The van der Waals surface area contributed by atoms with E-state index >= 15 is 0 Å². The zero-order valence-corrected chi connectivity index (χ0v) is 11.4. The lowest BCUT2D eigenvalue weighted by atomic mass is 10.3. The maximum absolute atomic E-state index is 11.0. The molecule has 0 radical (unpaired) electrons. The van der Waals surface area contributed by atoms with E-state index in [0.717, 1.165) is 19.4 Å². The predicted octanol–water partition coefficient (Wildman–Crippen LogP) is 2.38. The molecule has 0 spiro atoms. The monoisotopic (exact) mass is 334 g/mol. The molecule has 1 rings (SSSR count). The number of carbonyl (C=O) groups is 1.